The summed E-state index contributed by atoms with van der Waals surface area (Å²) in [6.45, 7) is 0.785. The minimum Gasteiger partial charge on any atom is -0.459 e. The standard InChI is InChI=1S/C14H15FO6/c1-8(16)20-12-10(21-14(18)11(12)15)7-19-13(17)9-5-3-2-4-6-9/h2-6,10-12,14,18H,7H2,1H3. The lowest BCUT2D eigenvalue weighted by molar-refractivity contribution is -0.152. The van der Waals surface area contributed by atoms with Crippen molar-refractivity contribution < 1.29 is 33.3 Å². The maximum Gasteiger partial charge on any atom is 0.338 e. The number of halogens is 1. The summed E-state index contributed by atoms with van der Waals surface area (Å²) in [6, 6.07) is 8.22. The van der Waals surface area contributed by atoms with Gasteiger partial charge in [-0.25, -0.2) is 9.18 Å². The van der Waals surface area contributed by atoms with E-state index < -0.39 is 36.6 Å². The Morgan fingerprint density at radius 3 is 2.62 bits per heavy atom. The molecule has 21 heavy (non-hydrogen) atoms. The van der Waals surface area contributed by atoms with Gasteiger partial charge in [0, 0.05) is 6.92 Å². The highest BCUT2D eigenvalue weighted by atomic mass is 19.1. The van der Waals surface area contributed by atoms with E-state index >= 15 is 0 Å². The maximum absolute atomic E-state index is 13.6. The Morgan fingerprint density at radius 1 is 1.33 bits per heavy atom. The number of aliphatic hydroxyl groups excluding tert-OH is 1. The molecule has 1 aromatic carbocycles. The van der Waals surface area contributed by atoms with Crippen LogP contribution in [0.4, 0.5) is 4.39 Å². The third-order valence-corrected chi connectivity index (χ3v) is 2.96. The predicted molar refractivity (Wildman–Crippen MR) is 68.1 cm³/mol. The second-order valence-corrected chi connectivity index (χ2v) is 4.55. The first-order valence-electron chi connectivity index (χ1n) is 6.36. The smallest absolute Gasteiger partial charge is 0.338 e. The first-order valence-corrected chi connectivity index (χ1v) is 6.36. The van der Waals surface area contributed by atoms with Crippen molar-refractivity contribution in [2.24, 2.45) is 0 Å². The van der Waals surface area contributed by atoms with E-state index in [1.807, 2.05) is 0 Å². The lowest BCUT2D eigenvalue weighted by Gasteiger charge is -2.18. The number of hydrogen-bond donors (Lipinski definition) is 1. The van der Waals surface area contributed by atoms with Crippen LogP contribution >= 0.6 is 0 Å². The molecule has 1 aliphatic rings. The van der Waals surface area contributed by atoms with Crippen LogP contribution in [0.3, 0.4) is 0 Å². The Hall–Kier alpha value is -1.99. The van der Waals surface area contributed by atoms with Crippen LogP contribution in [-0.2, 0) is 19.0 Å². The van der Waals surface area contributed by atoms with Gasteiger partial charge in [0.15, 0.2) is 18.6 Å². The third-order valence-electron chi connectivity index (χ3n) is 2.96. The molecule has 6 nitrogen and oxygen atoms in total. The number of rotatable bonds is 4. The average Bonchev–Trinajstić information content (AvgIpc) is 2.73. The molecule has 0 saturated carbocycles. The minimum atomic E-state index is -1.88. The summed E-state index contributed by atoms with van der Waals surface area (Å²) < 4.78 is 28.3. The fraction of sp³-hybridized carbons (Fsp3) is 0.429. The number of carbonyl (C=O) groups is 2. The molecule has 1 N–H and O–H groups in total. The molecule has 1 fully saturated rings. The van der Waals surface area contributed by atoms with Crippen LogP contribution in [0, 0.1) is 0 Å². The molecule has 4 atom stereocenters. The van der Waals surface area contributed by atoms with Crippen molar-refractivity contribution >= 4 is 11.9 Å². The fourth-order valence-corrected chi connectivity index (χ4v) is 1.98. The maximum atomic E-state index is 13.6. The van der Waals surface area contributed by atoms with Crippen LogP contribution in [0.2, 0.25) is 0 Å². The minimum absolute atomic E-state index is 0.330. The van der Waals surface area contributed by atoms with E-state index in [1.54, 1.807) is 30.3 Å². The van der Waals surface area contributed by atoms with Gasteiger partial charge in [0.05, 0.1) is 5.56 Å². The summed E-state index contributed by atoms with van der Waals surface area (Å²) >= 11 is 0. The lowest BCUT2D eigenvalue weighted by Crippen LogP contribution is -2.36. The van der Waals surface area contributed by atoms with E-state index in [4.69, 9.17) is 14.2 Å². The monoisotopic (exact) mass is 298 g/mol. The van der Waals surface area contributed by atoms with Crippen LogP contribution in [0.5, 0.6) is 0 Å². The topological polar surface area (TPSA) is 82.1 Å². The molecule has 4 unspecified atom stereocenters. The van der Waals surface area contributed by atoms with Gasteiger partial charge >= 0.3 is 11.9 Å². The van der Waals surface area contributed by atoms with Gasteiger partial charge in [-0.1, -0.05) is 18.2 Å². The summed E-state index contributed by atoms with van der Waals surface area (Å²) in [6.07, 6.45) is -5.95. The third kappa shape index (κ3) is 3.77. The van der Waals surface area contributed by atoms with Gasteiger partial charge in [-0.15, -0.1) is 0 Å². The van der Waals surface area contributed by atoms with Crippen molar-refractivity contribution in [3.05, 3.63) is 35.9 Å². The lowest BCUT2D eigenvalue weighted by atomic mass is 10.1. The molecule has 7 heteroatoms. The van der Waals surface area contributed by atoms with E-state index in [1.165, 1.54) is 0 Å². The van der Waals surface area contributed by atoms with Gasteiger partial charge in [-0.05, 0) is 12.1 Å². The molecule has 1 aromatic rings. The van der Waals surface area contributed by atoms with Crippen molar-refractivity contribution in [1.29, 1.82) is 0 Å². The molecule has 114 valence electrons. The predicted octanol–water partition coefficient (Wildman–Crippen LogP) is 0.830. The summed E-state index contributed by atoms with van der Waals surface area (Å²) in [7, 11) is 0. The van der Waals surface area contributed by atoms with Crippen LogP contribution in [0.15, 0.2) is 30.3 Å². The van der Waals surface area contributed by atoms with Crippen molar-refractivity contribution in [2.45, 2.75) is 31.6 Å². The zero-order valence-corrected chi connectivity index (χ0v) is 11.3. The summed E-state index contributed by atoms with van der Waals surface area (Å²) in [4.78, 5) is 22.7. The molecule has 1 saturated heterocycles. The van der Waals surface area contributed by atoms with Gasteiger partial charge in [-0.3, -0.25) is 4.79 Å². The summed E-state index contributed by atoms with van der Waals surface area (Å²) in [5.41, 5.74) is 0.330. The normalized spacial score (nSPS) is 28.1. The van der Waals surface area contributed by atoms with Crippen LogP contribution in [0.25, 0.3) is 0 Å². The van der Waals surface area contributed by atoms with E-state index in [-0.39, 0.29) is 6.61 Å². The first-order chi connectivity index (χ1) is 9.99. The van der Waals surface area contributed by atoms with Gasteiger partial charge in [0.1, 0.15) is 12.7 Å². The largest absolute Gasteiger partial charge is 0.459 e. The zero-order valence-electron chi connectivity index (χ0n) is 11.3. The second-order valence-electron chi connectivity index (χ2n) is 4.55. The van der Waals surface area contributed by atoms with Crippen LogP contribution < -0.4 is 0 Å². The van der Waals surface area contributed by atoms with Crippen molar-refractivity contribution in [3.8, 4) is 0 Å². The molecular weight excluding hydrogens is 283 g/mol. The Morgan fingerprint density at radius 2 is 2.00 bits per heavy atom. The molecule has 1 heterocycles. The molecule has 1 aliphatic heterocycles. The van der Waals surface area contributed by atoms with Crippen LogP contribution in [0.1, 0.15) is 17.3 Å². The zero-order chi connectivity index (χ0) is 15.4. The van der Waals surface area contributed by atoms with Crippen molar-refractivity contribution in [2.75, 3.05) is 6.61 Å². The Balaban J connectivity index is 1.95. The summed E-state index contributed by atoms with van der Waals surface area (Å²) in [5.74, 6) is -1.32. The van der Waals surface area contributed by atoms with E-state index in [0.717, 1.165) is 6.92 Å². The van der Waals surface area contributed by atoms with E-state index in [2.05, 4.69) is 0 Å². The average molecular weight is 298 g/mol. The highest BCUT2D eigenvalue weighted by molar-refractivity contribution is 5.89. The molecule has 2 rings (SSSR count). The number of aliphatic hydroxyl groups is 1. The quantitative estimate of drug-likeness (QED) is 0.829. The van der Waals surface area contributed by atoms with Gasteiger partial charge in [-0.2, -0.15) is 0 Å². The highest BCUT2D eigenvalue weighted by Crippen LogP contribution is 2.26. The SMILES string of the molecule is CC(=O)OC1C(COC(=O)c2ccccc2)OC(O)C1F. The second kappa shape index (κ2) is 6.64. The number of hydrogen-bond acceptors (Lipinski definition) is 6. The molecule has 0 aromatic heterocycles. The number of ether oxygens (including phenoxy) is 3. The van der Waals surface area contributed by atoms with E-state index in [9.17, 15) is 19.1 Å². The van der Waals surface area contributed by atoms with E-state index in [0.29, 0.717) is 5.56 Å². The van der Waals surface area contributed by atoms with Crippen molar-refractivity contribution in [3.63, 3.8) is 0 Å². The van der Waals surface area contributed by atoms with Crippen molar-refractivity contribution in [1.82, 2.24) is 0 Å². The summed E-state index contributed by atoms with van der Waals surface area (Å²) in [5, 5.41) is 9.30. The number of benzene rings is 1. The Bertz CT molecular complexity index is 505. The molecule has 0 aliphatic carbocycles. The highest BCUT2D eigenvalue weighted by Gasteiger charge is 2.47. The number of carbonyl (C=O) groups excluding carboxylic acids is 2. The number of esters is 2. The molecule has 0 bridgehead atoms. The molecule has 0 amide bonds. The van der Waals surface area contributed by atoms with Gasteiger partial charge < -0.3 is 19.3 Å². The fourth-order valence-electron chi connectivity index (χ4n) is 1.98. The van der Waals surface area contributed by atoms with Crippen LogP contribution in [-0.4, -0.2) is 48.3 Å². The Labute approximate surface area is 120 Å². The Kier molecular flexibility index (Phi) is 4.87. The molecule has 0 spiro atoms. The van der Waals surface area contributed by atoms with Gasteiger partial charge in [0.25, 0.3) is 0 Å². The molecule has 0 radical (unpaired) electrons. The van der Waals surface area contributed by atoms with Gasteiger partial charge in [0.2, 0.25) is 0 Å². The first kappa shape index (κ1) is 15.4. The number of alkyl halides is 1. The molecular formula is C14H15FO6.